The Kier molecular flexibility index (Phi) is 24.8. The largest absolute Gasteiger partial charge is 0.494 e. The summed E-state index contributed by atoms with van der Waals surface area (Å²) in [6, 6.07) is 53.7. The lowest BCUT2D eigenvalue weighted by Gasteiger charge is -2.12. The van der Waals surface area contributed by atoms with Gasteiger partial charge in [0, 0.05) is 16.7 Å². The molecule has 0 bridgehead atoms. The number of aromatic nitrogens is 2. The molecule has 0 N–H and O–H groups in total. The van der Waals surface area contributed by atoms with Gasteiger partial charge in [-0.05, 0) is 95.1 Å². The standard InChI is InChI=1S/C70H88N2O3/c1-4-7-10-13-16-19-22-25-52-73-65-46-40-59(41-47-65)56-28-34-62(35-29-56)68-55-69(63-36-30-57(31-37-63)60-42-48-66(49-43-60)74-53-26-23-20-17-14-11-8-5-2)72-70(71-68)64-38-32-58(33-39-64)61-44-50-67(51-45-61)75-54-27-24-21-18-15-12-9-6-3/h28-51,55H,4-27,52-54H2,1-3H3. The number of rotatable bonds is 36. The smallest absolute Gasteiger partial charge is 0.160 e. The van der Waals surface area contributed by atoms with Crippen molar-refractivity contribution in [3.05, 3.63) is 152 Å². The topological polar surface area (TPSA) is 53.5 Å². The van der Waals surface area contributed by atoms with Gasteiger partial charge in [-0.2, -0.15) is 0 Å². The first-order valence-corrected chi connectivity index (χ1v) is 29.5. The molecule has 0 atom stereocenters. The van der Waals surface area contributed by atoms with Gasteiger partial charge >= 0.3 is 0 Å². The molecule has 0 unspecified atom stereocenters. The van der Waals surface area contributed by atoms with E-state index in [1.807, 2.05) is 0 Å². The van der Waals surface area contributed by atoms with Crippen LogP contribution in [0.15, 0.2) is 152 Å². The minimum absolute atomic E-state index is 0.692. The average Bonchev–Trinajstić information content (AvgIpc) is 3.46. The summed E-state index contributed by atoms with van der Waals surface area (Å²) in [5.74, 6) is 3.48. The Labute approximate surface area is 453 Å². The molecule has 5 heteroatoms. The van der Waals surface area contributed by atoms with Gasteiger partial charge in [-0.3, -0.25) is 0 Å². The van der Waals surface area contributed by atoms with Crippen molar-refractivity contribution in [2.45, 2.75) is 175 Å². The minimum atomic E-state index is 0.692. The quantitative estimate of drug-likeness (QED) is 0.0367. The van der Waals surface area contributed by atoms with E-state index in [9.17, 15) is 0 Å². The normalized spacial score (nSPS) is 11.2. The Balaban J connectivity index is 1.01. The third-order valence-corrected chi connectivity index (χ3v) is 14.6. The van der Waals surface area contributed by atoms with Crippen molar-refractivity contribution in [3.63, 3.8) is 0 Å². The number of ether oxygens (including phenoxy) is 3. The summed E-state index contributed by atoms with van der Waals surface area (Å²) in [7, 11) is 0. The molecule has 0 saturated heterocycles. The number of hydrogen-bond acceptors (Lipinski definition) is 5. The van der Waals surface area contributed by atoms with E-state index < -0.39 is 0 Å². The third-order valence-electron chi connectivity index (χ3n) is 14.6. The van der Waals surface area contributed by atoms with Crippen LogP contribution in [0.4, 0.5) is 0 Å². The molecule has 0 aliphatic carbocycles. The highest BCUT2D eigenvalue weighted by atomic mass is 16.5. The van der Waals surface area contributed by atoms with Crippen molar-refractivity contribution in [3.8, 4) is 84.5 Å². The fraction of sp³-hybridized carbons (Fsp3) is 0.429. The maximum atomic E-state index is 6.12. The molecule has 0 fully saturated rings. The molecule has 75 heavy (non-hydrogen) atoms. The summed E-state index contributed by atoms with van der Waals surface area (Å²) in [6.45, 7) is 9.13. The zero-order valence-corrected chi connectivity index (χ0v) is 46.1. The van der Waals surface area contributed by atoms with Gasteiger partial charge in [-0.25, -0.2) is 9.97 Å². The fourth-order valence-corrected chi connectivity index (χ4v) is 9.86. The molecule has 1 heterocycles. The summed E-state index contributed by atoms with van der Waals surface area (Å²) in [5, 5.41) is 0. The highest BCUT2D eigenvalue weighted by Gasteiger charge is 2.13. The summed E-state index contributed by atoms with van der Waals surface area (Å²) in [6.07, 6.45) is 31.1. The molecule has 5 nitrogen and oxygen atoms in total. The molecule has 0 saturated carbocycles. The van der Waals surface area contributed by atoms with Gasteiger partial charge < -0.3 is 14.2 Å². The molecule has 6 aromatic carbocycles. The Morgan fingerprint density at radius 3 is 0.720 bits per heavy atom. The van der Waals surface area contributed by atoms with Crippen molar-refractivity contribution >= 4 is 0 Å². The van der Waals surface area contributed by atoms with Crippen LogP contribution in [0.25, 0.3) is 67.3 Å². The van der Waals surface area contributed by atoms with E-state index >= 15 is 0 Å². The summed E-state index contributed by atoms with van der Waals surface area (Å²) < 4.78 is 18.4. The molecule has 0 spiro atoms. The van der Waals surface area contributed by atoms with E-state index in [1.54, 1.807) is 0 Å². The van der Waals surface area contributed by atoms with Crippen molar-refractivity contribution in [2.24, 2.45) is 0 Å². The van der Waals surface area contributed by atoms with Crippen LogP contribution in [0.5, 0.6) is 17.2 Å². The Morgan fingerprint density at radius 2 is 0.453 bits per heavy atom. The predicted molar refractivity (Wildman–Crippen MR) is 319 cm³/mol. The summed E-state index contributed by atoms with van der Waals surface area (Å²) in [4.78, 5) is 10.4. The minimum Gasteiger partial charge on any atom is -0.494 e. The van der Waals surface area contributed by atoms with Gasteiger partial charge in [-0.15, -0.1) is 0 Å². The third kappa shape index (κ3) is 19.5. The van der Waals surface area contributed by atoms with Gasteiger partial charge in [-0.1, -0.05) is 265 Å². The van der Waals surface area contributed by atoms with Gasteiger partial charge in [0.25, 0.3) is 0 Å². The summed E-state index contributed by atoms with van der Waals surface area (Å²) >= 11 is 0. The Bertz CT molecular complexity index is 2300. The molecule has 7 rings (SSSR count). The maximum Gasteiger partial charge on any atom is 0.160 e. The van der Waals surface area contributed by atoms with Crippen LogP contribution in [-0.4, -0.2) is 29.8 Å². The summed E-state index contributed by atoms with van der Waals surface area (Å²) in [5.41, 5.74) is 11.7. The number of benzene rings is 6. The SMILES string of the molecule is CCCCCCCCCCOc1ccc(-c2ccc(-c3cc(-c4ccc(-c5ccc(OCCCCCCCCCC)cc5)cc4)nc(-c4ccc(-c5ccc(OCCCCCCCCCC)cc5)cc4)n3)cc2)cc1. The van der Waals surface area contributed by atoms with E-state index in [2.05, 4.69) is 172 Å². The second-order valence-electron chi connectivity index (χ2n) is 20.7. The molecular formula is C70H88N2O3. The zero-order valence-electron chi connectivity index (χ0n) is 46.1. The Hall–Kier alpha value is -6.20. The molecular weight excluding hydrogens is 917 g/mol. The van der Waals surface area contributed by atoms with E-state index in [0.717, 1.165) is 118 Å². The zero-order chi connectivity index (χ0) is 52.0. The molecule has 7 aromatic rings. The van der Waals surface area contributed by atoms with Crippen LogP contribution in [0.2, 0.25) is 0 Å². The van der Waals surface area contributed by atoms with Gasteiger partial charge in [0.1, 0.15) is 17.2 Å². The van der Waals surface area contributed by atoms with Crippen molar-refractivity contribution < 1.29 is 14.2 Å². The highest BCUT2D eigenvalue weighted by Crippen LogP contribution is 2.33. The predicted octanol–water partition coefficient (Wildman–Crippen LogP) is 21.0. The van der Waals surface area contributed by atoms with E-state index in [4.69, 9.17) is 24.2 Å². The number of unbranched alkanes of at least 4 members (excludes halogenated alkanes) is 21. The van der Waals surface area contributed by atoms with Crippen molar-refractivity contribution in [1.82, 2.24) is 9.97 Å². The van der Waals surface area contributed by atoms with Crippen LogP contribution in [0, 0.1) is 0 Å². The molecule has 0 radical (unpaired) electrons. The van der Waals surface area contributed by atoms with Gasteiger partial charge in [0.15, 0.2) is 5.82 Å². The molecule has 0 aliphatic rings. The molecule has 1 aromatic heterocycles. The first-order chi connectivity index (χ1) is 37.1. The van der Waals surface area contributed by atoms with Crippen LogP contribution < -0.4 is 14.2 Å². The van der Waals surface area contributed by atoms with Crippen LogP contribution >= 0.6 is 0 Å². The van der Waals surface area contributed by atoms with Gasteiger partial charge in [0.2, 0.25) is 0 Å². The van der Waals surface area contributed by atoms with Gasteiger partial charge in [0.05, 0.1) is 31.2 Å². The second kappa shape index (κ2) is 33.0. The number of hydrogen-bond donors (Lipinski definition) is 0. The van der Waals surface area contributed by atoms with Crippen LogP contribution in [0.3, 0.4) is 0 Å². The van der Waals surface area contributed by atoms with E-state index in [-0.39, 0.29) is 0 Å². The lowest BCUT2D eigenvalue weighted by molar-refractivity contribution is 0.304. The van der Waals surface area contributed by atoms with Crippen molar-refractivity contribution in [2.75, 3.05) is 19.8 Å². The molecule has 0 amide bonds. The number of nitrogens with zero attached hydrogens (tertiary/aromatic N) is 2. The van der Waals surface area contributed by atoms with E-state index in [1.165, 1.54) is 135 Å². The lowest BCUT2D eigenvalue weighted by atomic mass is 10.00. The maximum absolute atomic E-state index is 6.12. The molecule has 396 valence electrons. The average molecular weight is 1010 g/mol. The monoisotopic (exact) mass is 1000 g/mol. The Morgan fingerprint density at radius 1 is 0.240 bits per heavy atom. The second-order valence-corrected chi connectivity index (χ2v) is 20.7. The lowest BCUT2D eigenvalue weighted by Crippen LogP contribution is -1.97. The van der Waals surface area contributed by atoms with Crippen molar-refractivity contribution in [1.29, 1.82) is 0 Å². The first-order valence-electron chi connectivity index (χ1n) is 29.5. The van der Waals surface area contributed by atoms with E-state index in [0.29, 0.717) is 5.82 Å². The highest BCUT2D eigenvalue weighted by molar-refractivity contribution is 5.76. The first kappa shape index (κ1) is 56.5. The molecule has 0 aliphatic heterocycles. The fourth-order valence-electron chi connectivity index (χ4n) is 9.86. The van der Waals surface area contributed by atoms with Crippen LogP contribution in [0.1, 0.15) is 175 Å². The van der Waals surface area contributed by atoms with Crippen LogP contribution in [-0.2, 0) is 0 Å².